The van der Waals surface area contributed by atoms with E-state index in [-0.39, 0.29) is 11.8 Å². The minimum Gasteiger partial charge on any atom is -0.388 e. The van der Waals surface area contributed by atoms with Gasteiger partial charge in [-0.25, -0.2) is 0 Å². The molecule has 0 spiro atoms. The van der Waals surface area contributed by atoms with Crippen LogP contribution in [0.5, 0.6) is 0 Å². The molecule has 0 bridgehead atoms. The molecular formula is C16H23NO2. The highest BCUT2D eigenvalue weighted by Crippen LogP contribution is 2.40. The van der Waals surface area contributed by atoms with Gasteiger partial charge in [-0.3, -0.25) is 4.79 Å². The Kier molecular flexibility index (Phi) is 3.68. The highest BCUT2D eigenvalue weighted by Gasteiger charge is 2.30. The highest BCUT2D eigenvalue weighted by atomic mass is 16.3. The van der Waals surface area contributed by atoms with Gasteiger partial charge in [-0.05, 0) is 55.4 Å². The Balaban J connectivity index is 2.48. The quantitative estimate of drug-likeness (QED) is 0.875. The van der Waals surface area contributed by atoms with E-state index in [2.05, 4.69) is 19.2 Å². The fourth-order valence-corrected chi connectivity index (χ4v) is 2.77. The number of nitrogens with one attached hydrogen (secondary N) is 1. The van der Waals surface area contributed by atoms with Crippen molar-refractivity contribution in [1.29, 1.82) is 0 Å². The molecule has 0 saturated heterocycles. The van der Waals surface area contributed by atoms with Crippen LogP contribution in [0.1, 0.15) is 61.5 Å². The lowest BCUT2D eigenvalue weighted by Crippen LogP contribution is -2.08. The Morgan fingerprint density at radius 3 is 2.53 bits per heavy atom. The van der Waals surface area contributed by atoms with Gasteiger partial charge in [0.2, 0.25) is 5.91 Å². The molecule has 0 saturated carbocycles. The number of carbonyl (C=O) groups is 1. The van der Waals surface area contributed by atoms with Crippen LogP contribution >= 0.6 is 0 Å². The van der Waals surface area contributed by atoms with Crippen LogP contribution in [0.2, 0.25) is 0 Å². The second-order valence-corrected chi connectivity index (χ2v) is 6.04. The minimum absolute atomic E-state index is 0.0491. The number of anilines is 1. The lowest BCUT2D eigenvalue weighted by Gasteiger charge is -2.20. The van der Waals surface area contributed by atoms with Gasteiger partial charge in [-0.1, -0.05) is 19.9 Å². The number of carbonyl (C=O) groups excluding carboxylic acids is 1. The van der Waals surface area contributed by atoms with Gasteiger partial charge in [-0.2, -0.15) is 0 Å². The van der Waals surface area contributed by atoms with Gasteiger partial charge in [0.1, 0.15) is 0 Å². The number of aliphatic hydroxyl groups is 1. The molecule has 3 nitrogen and oxygen atoms in total. The van der Waals surface area contributed by atoms with Crippen molar-refractivity contribution >= 4 is 11.6 Å². The zero-order valence-electron chi connectivity index (χ0n) is 12.4. The molecule has 0 aromatic heterocycles. The van der Waals surface area contributed by atoms with Crippen molar-refractivity contribution in [3.8, 4) is 0 Å². The molecule has 2 rings (SSSR count). The summed E-state index contributed by atoms with van der Waals surface area (Å²) in [6.45, 7) is 10.1. The lowest BCUT2D eigenvalue weighted by atomic mass is 9.89. The second-order valence-electron chi connectivity index (χ2n) is 6.04. The number of amides is 1. The summed E-state index contributed by atoms with van der Waals surface area (Å²) in [5.74, 6) is 0.368. The van der Waals surface area contributed by atoms with E-state index in [0.29, 0.717) is 5.92 Å². The maximum absolute atomic E-state index is 11.8. The highest BCUT2D eigenvalue weighted by molar-refractivity contribution is 6.03. The van der Waals surface area contributed by atoms with Crippen molar-refractivity contribution < 1.29 is 9.90 Å². The first kappa shape index (κ1) is 14.1. The van der Waals surface area contributed by atoms with Crippen LogP contribution in [-0.2, 0) is 4.79 Å². The average molecular weight is 261 g/mol. The molecule has 19 heavy (non-hydrogen) atoms. The summed E-state index contributed by atoms with van der Waals surface area (Å²) in [6, 6.07) is 2.01. The van der Waals surface area contributed by atoms with Crippen LogP contribution < -0.4 is 5.32 Å². The molecule has 104 valence electrons. The summed E-state index contributed by atoms with van der Waals surface area (Å²) < 4.78 is 0. The average Bonchev–Trinajstić information content (AvgIpc) is 2.60. The number of fused-ring (bicyclic) bond motifs is 1. The van der Waals surface area contributed by atoms with Gasteiger partial charge in [0.15, 0.2) is 0 Å². The van der Waals surface area contributed by atoms with E-state index in [1.807, 2.05) is 26.8 Å². The summed E-state index contributed by atoms with van der Waals surface area (Å²) in [4.78, 5) is 11.8. The first-order valence-electron chi connectivity index (χ1n) is 6.95. The van der Waals surface area contributed by atoms with Crippen LogP contribution in [0.15, 0.2) is 6.07 Å². The van der Waals surface area contributed by atoms with Crippen LogP contribution in [0.25, 0.3) is 0 Å². The normalized spacial score (nSPS) is 19.5. The predicted octanol–water partition coefficient (Wildman–Crippen LogP) is 3.44. The summed E-state index contributed by atoms with van der Waals surface area (Å²) in [5, 5.41) is 13.3. The van der Waals surface area contributed by atoms with E-state index in [1.165, 1.54) is 0 Å². The molecule has 1 aliphatic rings. The fourth-order valence-electron chi connectivity index (χ4n) is 2.77. The maximum atomic E-state index is 11.8. The van der Waals surface area contributed by atoms with Crippen molar-refractivity contribution in [2.75, 3.05) is 5.32 Å². The van der Waals surface area contributed by atoms with Crippen molar-refractivity contribution in [1.82, 2.24) is 0 Å². The number of hydrogen-bond donors (Lipinski definition) is 2. The summed E-state index contributed by atoms with van der Waals surface area (Å²) in [7, 11) is 0. The van der Waals surface area contributed by atoms with Gasteiger partial charge in [0.05, 0.1) is 12.0 Å². The van der Waals surface area contributed by atoms with E-state index in [4.69, 9.17) is 0 Å². The van der Waals surface area contributed by atoms with Crippen LogP contribution in [0.4, 0.5) is 5.69 Å². The molecule has 0 fully saturated rings. The Morgan fingerprint density at radius 1 is 1.32 bits per heavy atom. The topological polar surface area (TPSA) is 49.3 Å². The van der Waals surface area contributed by atoms with E-state index in [9.17, 15) is 9.90 Å². The summed E-state index contributed by atoms with van der Waals surface area (Å²) in [5.41, 5.74) is 5.09. The molecule has 0 aliphatic carbocycles. The molecular weight excluding hydrogens is 238 g/mol. The van der Waals surface area contributed by atoms with E-state index in [1.54, 1.807) is 0 Å². The van der Waals surface area contributed by atoms with E-state index < -0.39 is 6.10 Å². The smallest absolute Gasteiger partial charge is 0.231 e. The Hall–Kier alpha value is -1.35. The van der Waals surface area contributed by atoms with Crippen LogP contribution in [-0.4, -0.2) is 11.0 Å². The minimum atomic E-state index is -0.452. The van der Waals surface area contributed by atoms with E-state index in [0.717, 1.165) is 34.4 Å². The predicted molar refractivity (Wildman–Crippen MR) is 77.4 cm³/mol. The zero-order valence-corrected chi connectivity index (χ0v) is 12.4. The molecule has 1 aliphatic heterocycles. The fraction of sp³-hybridized carbons (Fsp3) is 0.562. The summed E-state index contributed by atoms with van der Waals surface area (Å²) in [6.07, 6.45) is 0.293. The first-order valence-corrected chi connectivity index (χ1v) is 6.95. The van der Waals surface area contributed by atoms with Gasteiger partial charge in [-0.15, -0.1) is 0 Å². The third-order valence-electron chi connectivity index (χ3n) is 4.13. The molecule has 1 aromatic carbocycles. The first-order chi connectivity index (χ1) is 8.82. The molecule has 1 heterocycles. The number of rotatable bonds is 3. The number of hydrogen-bond acceptors (Lipinski definition) is 2. The molecule has 2 atom stereocenters. The summed E-state index contributed by atoms with van der Waals surface area (Å²) >= 11 is 0. The second kappa shape index (κ2) is 4.97. The van der Waals surface area contributed by atoms with Gasteiger partial charge < -0.3 is 10.4 Å². The zero-order chi connectivity index (χ0) is 14.3. The number of benzene rings is 1. The Morgan fingerprint density at radius 2 is 1.95 bits per heavy atom. The van der Waals surface area contributed by atoms with Crippen molar-refractivity contribution in [3.05, 3.63) is 28.3 Å². The monoisotopic (exact) mass is 261 g/mol. The van der Waals surface area contributed by atoms with Gasteiger partial charge in [0, 0.05) is 5.69 Å². The van der Waals surface area contributed by atoms with Crippen LogP contribution in [0, 0.1) is 19.8 Å². The molecule has 0 radical (unpaired) electrons. The Labute approximate surface area is 115 Å². The van der Waals surface area contributed by atoms with Crippen LogP contribution in [0.3, 0.4) is 0 Å². The third kappa shape index (κ3) is 2.39. The van der Waals surface area contributed by atoms with Crippen molar-refractivity contribution in [3.63, 3.8) is 0 Å². The molecule has 2 unspecified atom stereocenters. The number of aliphatic hydroxyl groups excluding tert-OH is 1. The Bertz CT molecular complexity index is 520. The van der Waals surface area contributed by atoms with Crippen molar-refractivity contribution in [2.24, 2.45) is 5.92 Å². The van der Waals surface area contributed by atoms with Gasteiger partial charge in [0.25, 0.3) is 0 Å². The maximum Gasteiger partial charge on any atom is 0.231 e. The van der Waals surface area contributed by atoms with Crippen molar-refractivity contribution in [2.45, 2.75) is 53.1 Å². The molecule has 2 N–H and O–H groups in total. The van der Waals surface area contributed by atoms with E-state index >= 15 is 0 Å². The SMILES string of the molecule is Cc1c(C(O)CC(C)C)cc2c(c1C)NC(=O)C2C. The van der Waals surface area contributed by atoms with Gasteiger partial charge >= 0.3 is 0 Å². The molecule has 3 heteroatoms. The largest absolute Gasteiger partial charge is 0.388 e. The molecule has 1 aromatic rings. The lowest BCUT2D eigenvalue weighted by molar-refractivity contribution is -0.116. The third-order valence-corrected chi connectivity index (χ3v) is 4.13. The molecule has 1 amide bonds. The standard InChI is InChI=1S/C16H23NO2/c1-8(2)6-14(18)12-7-13-11(5)16(19)17-15(13)10(4)9(12)3/h7-8,11,14,18H,6H2,1-5H3,(H,17,19).